The summed E-state index contributed by atoms with van der Waals surface area (Å²) in [5.41, 5.74) is 15.3. The number of ether oxygens (including phenoxy) is 1. The molecule has 0 amide bonds. The summed E-state index contributed by atoms with van der Waals surface area (Å²) in [7, 11) is 0. The largest absolute Gasteiger partial charge is 0.457 e. The lowest BCUT2D eigenvalue weighted by Crippen LogP contribution is -2.37. The summed E-state index contributed by atoms with van der Waals surface area (Å²) in [6.45, 7) is 6.02. The Bertz CT molecular complexity index is 1770. The van der Waals surface area contributed by atoms with Crippen LogP contribution in [-0.4, -0.2) is 5.11 Å². The number of fused-ring (bicyclic) bond motifs is 4. The van der Waals surface area contributed by atoms with Gasteiger partial charge in [-0.05, 0) is 81.3 Å². The van der Waals surface area contributed by atoms with Gasteiger partial charge < -0.3 is 15.6 Å². The van der Waals surface area contributed by atoms with E-state index >= 15 is 0 Å². The summed E-state index contributed by atoms with van der Waals surface area (Å²) in [6.07, 6.45) is 1.76. The van der Waals surface area contributed by atoms with E-state index in [-0.39, 0.29) is 0 Å². The number of nitrogens with two attached hydrogens (primary N) is 1. The molecular formula is C37H29NO2. The Kier molecular flexibility index (Phi) is 5.43. The molecule has 3 heteroatoms. The molecule has 0 spiro atoms. The molecule has 1 atom stereocenters. The van der Waals surface area contributed by atoms with E-state index in [9.17, 15) is 5.11 Å². The summed E-state index contributed by atoms with van der Waals surface area (Å²) in [5.74, 6) is 1.40. The lowest BCUT2D eigenvalue weighted by molar-refractivity contribution is 0.129. The smallest absolute Gasteiger partial charge is 0.141 e. The Balaban J connectivity index is 1.18. The van der Waals surface area contributed by atoms with Crippen molar-refractivity contribution in [2.24, 2.45) is 5.73 Å². The van der Waals surface area contributed by atoms with Gasteiger partial charge in [0, 0.05) is 5.56 Å². The molecule has 2 aliphatic rings. The maximum absolute atomic E-state index is 11.9. The molecule has 40 heavy (non-hydrogen) atoms. The van der Waals surface area contributed by atoms with Crippen molar-refractivity contribution < 1.29 is 9.84 Å². The Morgan fingerprint density at radius 3 is 1.60 bits per heavy atom. The molecule has 0 saturated carbocycles. The standard InChI is InChI=1S/C37H29NO2/c1-3-32-24(2)29-10-4-9-15-35(29)37(32,39)26-18-22-28(23-19-26)40-27-20-16-25(17-21-27)36(38)33-13-7-5-11-30(33)31-12-6-8-14-34(31)36/h3-23,39H,1,38H2,2H3. The van der Waals surface area contributed by atoms with E-state index in [1.165, 1.54) is 11.1 Å². The van der Waals surface area contributed by atoms with Crippen LogP contribution in [0, 0.1) is 0 Å². The fourth-order valence-electron chi connectivity index (χ4n) is 6.56. The molecular weight excluding hydrogens is 490 g/mol. The zero-order valence-corrected chi connectivity index (χ0v) is 22.3. The third-order valence-corrected chi connectivity index (χ3v) is 8.53. The van der Waals surface area contributed by atoms with Gasteiger partial charge in [0.15, 0.2) is 0 Å². The van der Waals surface area contributed by atoms with Gasteiger partial charge in [-0.25, -0.2) is 0 Å². The van der Waals surface area contributed by atoms with Crippen LogP contribution in [0.25, 0.3) is 16.7 Å². The maximum atomic E-state index is 11.9. The predicted octanol–water partition coefficient (Wildman–Crippen LogP) is 7.92. The number of hydrogen-bond acceptors (Lipinski definition) is 3. The molecule has 1 unspecified atom stereocenters. The minimum atomic E-state index is -1.24. The molecule has 0 heterocycles. The summed E-state index contributed by atoms with van der Waals surface area (Å²) >= 11 is 0. The van der Waals surface area contributed by atoms with E-state index in [4.69, 9.17) is 10.5 Å². The molecule has 194 valence electrons. The molecule has 2 aliphatic carbocycles. The van der Waals surface area contributed by atoms with Crippen LogP contribution in [0.5, 0.6) is 11.5 Å². The lowest BCUT2D eigenvalue weighted by atomic mass is 9.82. The van der Waals surface area contributed by atoms with Crippen molar-refractivity contribution in [3.63, 3.8) is 0 Å². The number of hydrogen-bond donors (Lipinski definition) is 2. The SMILES string of the molecule is C=CC1=C(C)c2ccccc2C1(O)c1ccc(Oc2ccc(C3(N)c4ccccc4-c4ccccc43)cc2)cc1. The molecule has 3 nitrogen and oxygen atoms in total. The van der Waals surface area contributed by atoms with Crippen molar-refractivity contribution in [3.05, 3.63) is 173 Å². The van der Waals surface area contributed by atoms with Crippen LogP contribution in [0.4, 0.5) is 0 Å². The first-order valence-electron chi connectivity index (χ1n) is 13.5. The van der Waals surface area contributed by atoms with E-state index in [0.29, 0.717) is 11.5 Å². The second-order valence-electron chi connectivity index (χ2n) is 10.5. The van der Waals surface area contributed by atoms with Crippen molar-refractivity contribution >= 4 is 5.57 Å². The topological polar surface area (TPSA) is 55.5 Å². The second kappa shape index (κ2) is 8.92. The number of rotatable bonds is 5. The van der Waals surface area contributed by atoms with Crippen LogP contribution in [0.15, 0.2) is 140 Å². The molecule has 0 aromatic heterocycles. The zero-order chi connectivity index (χ0) is 27.5. The molecule has 0 aliphatic heterocycles. The van der Waals surface area contributed by atoms with Crippen molar-refractivity contribution in [3.8, 4) is 22.6 Å². The number of allylic oxidation sites excluding steroid dienone is 1. The first kappa shape index (κ1) is 24.3. The summed E-state index contributed by atoms with van der Waals surface area (Å²) < 4.78 is 6.21. The van der Waals surface area contributed by atoms with Gasteiger partial charge >= 0.3 is 0 Å². The van der Waals surface area contributed by atoms with Crippen LogP contribution in [0.2, 0.25) is 0 Å². The van der Waals surface area contributed by atoms with Crippen molar-refractivity contribution in [2.75, 3.05) is 0 Å². The Labute approximate surface area is 234 Å². The zero-order valence-electron chi connectivity index (χ0n) is 22.3. The average Bonchev–Trinajstić information content (AvgIpc) is 3.40. The van der Waals surface area contributed by atoms with E-state index in [0.717, 1.165) is 44.5 Å². The molecule has 0 saturated heterocycles. The first-order valence-corrected chi connectivity index (χ1v) is 13.5. The highest BCUT2D eigenvalue weighted by Crippen LogP contribution is 2.50. The van der Waals surface area contributed by atoms with E-state index in [1.54, 1.807) is 6.08 Å². The molecule has 0 radical (unpaired) electrons. The molecule has 5 aromatic rings. The van der Waals surface area contributed by atoms with E-state index in [1.807, 2.05) is 91.9 Å². The summed E-state index contributed by atoms with van der Waals surface area (Å²) in [5, 5.41) is 11.9. The third kappa shape index (κ3) is 3.32. The molecule has 0 bridgehead atoms. The van der Waals surface area contributed by atoms with Gasteiger partial charge in [-0.2, -0.15) is 0 Å². The number of benzene rings is 5. The van der Waals surface area contributed by atoms with Gasteiger partial charge in [-0.15, -0.1) is 0 Å². The van der Waals surface area contributed by atoms with Crippen LogP contribution in [0.1, 0.15) is 40.3 Å². The second-order valence-corrected chi connectivity index (χ2v) is 10.5. The maximum Gasteiger partial charge on any atom is 0.141 e. The Morgan fingerprint density at radius 2 is 1.07 bits per heavy atom. The number of aliphatic hydroxyl groups is 1. The molecule has 0 fully saturated rings. The average molecular weight is 520 g/mol. The molecule has 5 aromatic carbocycles. The quantitative estimate of drug-likeness (QED) is 0.248. The van der Waals surface area contributed by atoms with Crippen molar-refractivity contribution in [1.29, 1.82) is 0 Å². The minimum Gasteiger partial charge on any atom is -0.457 e. The van der Waals surface area contributed by atoms with Gasteiger partial charge in [0.1, 0.15) is 17.1 Å². The Morgan fingerprint density at radius 1 is 0.625 bits per heavy atom. The predicted molar refractivity (Wildman–Crippen MR) is 161 cm³/mol. The minimum absolute atomic E-state index is 0.686. The van der Waals surface area contributed by atoms with Crippen molar-refractivity contribution in [2.45, 2.75) is 18.1 Å². The highest BCUT2D eigenvalue weighted by Gasteiger charge is 2.43. The van der Waals surface area contributed by atoms with Gasteiger partial charge in [0.2, 0.25) is 0 Å². The highest BCUT2D eigenvalue weighted by molar-refractivity contribution is 5.83. The van der Waals surface area contributed by atoms with E-state index in [2.05, 4.69) is 43.0 Å². The van der Waals surface area contributed by atoms with Crippen LogP contribution in [-0.2, 0) is 11.1 Å². The third-order valence-electron chi connectivity index (χ3n) is 8.53. The first-order chi connectivity index (χ1) is 19.5. The van der Waals surface area contributed by atoms with E-state index < -0.39 is 11.1 Å². The van der Waals surface area contributed by atoms with Crippen LogP contribution >= 0.6 is 0 Å². The fourth-order valence-corrected chi connectivity index (χ4v) is 6.56. The monoisotopic (exact) mass is 519 g/mol. The lowest BCUT2D eigenvalue weighted by Gasteiger charge is -2.28. The van der Waals surface area contributed by atoms with Crippen LogP contribution in [0.3, 0.4) is 0 Å². The van der Waals surface area contributed by atoms with Crippen molar-refractivity contribution in [1.82, 2.24) is 0 Å². The Hall–Kier alpha value is -4.70. The van der Waals surface area contributed by atoms with Gasteiger partial charge in [-0.3, -0.25) is 0 Å². The van der Waals surface area contributed by atoms with Crippen LogP contribution < -0.4 is 10.5 Å². The van der Waals surface area contributed by atoms with Gasteiger partial charge in [0.05, 0.1) is 5.54 Å². The summed E-state index contributed by atoms with van der Waals surface area (Å²) in [6, 6.07) is 40.3. The van der Waals surface area contributed by atoms with Gasteiger partial charge in [0.25, 0.3) is 0 Å². The fraction of sp³-hybridized carbons (Fsp3) is 0.0811. The molecule has 3 N–H and O–H groups in total. The highest BCUT2D eigenvalue weighted by atomic mass is 16.5. The normalized spacial score (nSPS) is 18.2. The molecule has 7 rings (SSSR count). The van der Waals surface area contributed by atoms with Gasteiger partial charge in [-0.1, -0.05) is 110 Å². The summed E-state index contributed by atoms with van der Waals surface area (Å²) in [4.78, 5) is 0.